The summed E-state index contributed by atoms with van der Waals surface area (Å²) in [6.45, 7) is 7.67. The van der Waals surface area contributed by atoms with Gasteiger partial charge in [0.2, 0.25) is 0 Å². The van der Waals surface area contributed by atoms with E-state index in [0.29, 0.717) is 20.7 Å². The molecule has 8 heteroatoms. The van der Waals surface area contributed by atoms with Crippen molar-refractivity contribution in [3.05, 3.63) is 27.1 Å². The van der Waals surface area contributed by atoms with E-state index < -0.39 is 12.1 Å². The van der Waals surface area contributed by atoms with Crippen molar-refractivity contribution >= 4 is 27.5 Å². The van der Waals surface area contributed by atoms with Crippen LogP contribution in [0.15, 0.2) is 11.1 Å². The van der Waals surface area contributed by atoms with Gasteiger partial charge in [-0.05, 0) is 33.3 Å². The summed E-state index contributed by atoms with van der Waals surface area (Å²) in [5.41, 5.74) is 0.279. The Kier molecular flexibility index (Phi) is 6.09. The molecule has 0 spiro atoms. The minimum Gasteiger partial charge on any atom is -0.462 e. The third-order valence-corrected chi connectivity index (χ3v) is 4.59. The van der Waals surface area contributed by atoms with Crippen molar-refractivity contribution in [3.8, 4) is 0 Å². The van der Waals surface area contributed by atoms with E-state index in [4.69, 9.17) is 9.47 Å². The molecule has 2 aromatic heterocycles. The maximum atomic E-state index is 12.6. The Morgan fingerprint density at radius 3 is 2.79 bits per heavy atom. The lowest BCUT2D eigenvalue weighted by Crippen LogP contribution is -2.30. The lowest BCUT2D eigenvalue weighted by atomic mass is 10.2. The van der Waals surface area contributed by atoms with Crippen LogP contribution in [0.25, 0.3) is 10.2 Å². The van der Waals surface area contributed by atoms with Gasteiger partial charge < -0.3 is 14.6 Å². The molecule has 1 N–H and O–H groups in total. The van der Waals surface area contributed by atoms with Crippen molar-refractivity contribution in [2.24, 2.45) is 0 Å². The Balaban J connectivity index is 2.31. The molecule has 2 rings (SSSR count). The van der Waals surface area contributed by atoms with Crippen LogP contribution < -0.4 is 5.56 Å². The second-order valence-electron chi connectivity index (χ2n) is 5.69. The molecule has 7 nitrogen and oxygen atoms in total. The summed E-state index contributed by atoms with van der Waals surface area (Å²) in [6, 6.07) is 0. The fraction of sp³-hybridized carbons (Fsp3) is 0.562. The Morgan fingerprint density at radius 2 is 2.17 bits per heavy atom. The summed E-state index contributed by atoms with van der Waals surface area (Å²) in [4.78, 5) is 29.7. The summed E-state index contributed by atoms with van der Waals surface area (Å²) in [5, 5.41) is 10.4. The van der Waals surface area contributed by atoms with Crippen molar-refractivity contribution in [2.75, 3.05) is 13.2 Å². The lowest BCUT2D eigenvalue weighted by molar-refractivity contribution is -0.00111. The second kappa shape index (κ2) is 7.87. The van der Waals surface area contributed by atoms with E-state index in [-0.39, 0.29) is 31.4 Å². The number of aliphatic hydroxyl groups is 1. The van der Waals surface area contributed by atoms with Gasteiger partial charge in [0.05, 0.1) is 43.7 Å². The molecule has 2 heterocycles. The molecule has 1 atom stereocenters. The smallest absolute Gasteiger partial charge is 0.348 e. The van der Waals surface area contributed by atoms with Gasteiger partial charge in [-0.2, -0.15) is 0 Å². The van der Waals surface area contributed by atoms with Gasteiger partial charge in [0.15, 0.2) is 0 Å². The number of thiophene rings is 1. The van der Waals surface area contributed by atoms with E-state index in [0.717, 1.165) is 11.3 Å². The first kappa shape index (κ1) is 18.6. The van der Waals surface area contributed by atoms with Crippen LogP contribution in [0.1, 0.15) is 36.0 Å². The highest BCUT2D eigenvalue weighted by atomic mass is 32.1. The predicted molar refractivity (Wildman–Crippen MR) is 91.7 cm³/mol. The van der Waals surface area contributed by atoms with Gasteiger partial charge in [0.25, 0.3) is 5.56 Å². The molecule has 0 amide bonds. The standard InChI is InChI=1S/C16H22N2O5S/c1-5-22-16(21)13-10(4)12-14(24-13)17-8-18(15(12)20)6-11(19)7-23-9(2)3/h8-9,11,19H,5-7H2,1-4H3/t11-/m1/s1. The third-order valence-electron chi connectivity index (χ3n) is 3.41. The van der Waals surface area contributed by atoms with Gasteiger partial charge >= 0.3 is 5.97 Å². The molecular weight excluding hydrogens is 332 g/mol. The quantitative estimate of drug-likeness (QED) is 0.762. The van der Waals surface area contributed by atoms with Crippen LogP contribution >= 0.6 is 11.3 Å². The molecule has 0 aliphatic carbocycles. The van der Waals surface area contributed by atoms with Crippen LogP contribution in [0.3, 0.4) is 0 Å². The number of aromatic nitrogens is 2. The van der Waals surface area contributed by atoms with Crippen molar-refractivity contribution in [1.29, 1.82) is 0 Å². The molecule has 2 aromatic rings. The van der Waals surface area contributed by atoms with E-state index in [1.165, 1.54) is 10.9 Å². The van der Waals surface area contributed by atoms with Crippen LogP contribution in [0.5, 0.6) is 0 Å². The number of esters is 1. The molecular formula is C16H22N2O5S. The number of nitrogens with zero attached hydrogens (tertiary/aromatic N) is 2. The Bertz CT molecular complexity index is 781. The molecule has 24 heavy (non-hydrogen) atoms. The zero-order valence-corrected chi connectivity index (χ0v) is 15.1. The maximum absolute atomic E-state index is 12.6. The summed E-state index contributed by atoms with van der Waals surface area (Å²) in [7, 11) is 0. The maximum Gasteiger partial charge on any atom is 0.348 e. The molecule has 0 aliphatic rings. The third kappa shape index (κ3) is 4.00. The lowest BCUT2D eigenvalue weighted by Gasteiger charge is -2.14. The fourth-order valence-electron chi connectivity index (χ4n) is 2.26. The minimum absolute atomic E-state index is 0.00299. The molecule has 0 saturated carbocycles. The fourth-order valence-corrected chi connectivity index (χ4v) is 3.30. The summed E-state index contributed by atoms with van der Waals surface area (Å²) < 4.78 is 11.7. The number of carbonyl (C=O) groups is 1. The first-order valence-corrected chi connectivity index (χ1v) is 8.62. The highest BCUT2D eigenvalue weighted by Crippen LogP contribution is 2.27. The average molecular weight is 354 g/mol. The number of fused-ring (bicyclic) bond motifs is 1. The van der Waals surface area contributed by atoms with E-state index in [1.807, 2.05) is 13.8 Å². The largest absolute Gasteiger partial charge is 0.462 e. The number of ether oxygens (including phenoxy) is 2. The van der Waals surface area contributed by atoms with Crippen molar-refractivity contribution in [3.63, 3.8) is 0 Å². The zero-order chi connectivity index (χ0) is 17.9. The van der Waals surface area contributed by atoms with E-state index in [2.05, 4.69) is 4.98 Å². The van der Waals surface area contributed by atoms with E-state index in [9.17, 15) is 14.7 Å². The molecule has 0 fully saturated rings. The number of rotatable bonds is 7. The van der Waals surface area contributed by atoms with Crippen LogP contribution in [0, 0.1) is 6.92 Å². The number of aryl methyl sites for hydroxylation is 1. The van der Waals surface area contributed by atoms with Crippen LogP contribution in [-0.2, 0) is 16.0 Å². The Hall–Kier alpha value is -1.77. The number of hydrogen-bond donors (Lipinski definition) is 1. The monoisotopic (exact) mass is 354 g/mol. The molecule has 0 saturated heterocycles. The second-order valence-corrected chi connectivity index (χ2v) is 6.69. The van der Waals surface area contributed by atoms with Gasteiger partial charge in [-0.1, -0.05) is 0 Å². The minimum atomic E-state index is -0.812. The highest BCUT2D eigenvalue weighted by molar-refractivity contribution is 7.20. The Labute approximate surface area is 143 Å². The molecule has 0 bridgehead atoms. The Morgan fingerprint density at radius 1 is 1.46 bits per heavy atom. The average Bonchev–Trinajstić information content (AvgIpc) is 2.86. The topological polar surface area (TPSA) is 90.7 Å². The highest BCUT2D eigenvalue weighted by Gasteiger charge is 2.20. The van der Waals surface area contributed by atoms with Gasteiger partial charge in [-0.15, -0.1) is 11.3 Å². The summed E-state index contributed by atoms with van der Waals surface area (Å²) >= 11 is 1.14. The molecule has 0 aliphatic heterocycles. The van der Waals surface area contributed by atoms with Gasteiger partial charge in [-0.25, -0.2) is 9.78 Å². The number of aliphatic hydroxyl groups excluding tert-OH is 1. The van der Waals surface area contributed by atoms with Crippen molar-refractivity contribution in [1.82, 2.24) is 9.55 Å². The number of carbonyl (C=O) groups excluding carboxylic acids is 1. The molecule has 0 aromatic carbocycles. The van der Waals surface area contributed by atoms with Crippen molar-refractivity contribution in [2.45, 2.75) is 46.4 Å². The van der Waals surface area contributed by atoms with Crippen LogP contribution in [0.4, 0.5) is 0 Å². The normalized spacial score (nSPS) is 12.8. The first-order valence-electron chi connectivity index (χ1n) is 7.80. The molecule has 0 unspecified atom stereocenters. The van der Waals surface area contributed by atoms with Crippen molar-refractivity contribution < 1.29 is 19.4 Å². The zero-order valence-electron chi connectivity index (χ0n) is 14.2. The summed E-state index contributed by atoms with van der Waals surface area (Å²) in [6.07, 6.45) is 0.574. The van der Waals surface area contributed by atoms with Crippen LogP contribution in [-0.4, -0.2) is 46.0 Å². The van der Waals surface area contributed by atoms with Crippen LogP contribution in [0.2, 0.25) is 0 Å². The molecule has 132 valence electrons. The van der Waals surface area contributed by atoms with E-state index >= 15 is 0 Å². The van der Waals surface area contributed by atoms with Gasteiger partial charge in [0.1, 0.15) is 9.71 Å². The first-order chi connectivity index (χ1) is 11.3. The number of hydrogen-bond acceptors (Lipinski definition) is 7. The van der Waals surface area contributed by atoms with Gasteiger partial charge in [-0.3, -0.25) is 9.36 Å². The SMILES string of the molecule is CCOC(=O)c1sc2ncn(C[C@@H](O)COC(C)C)c(=O)c2c1C. The molecule has 0 radical (unpaired) electrons. The van der Waals surface area contributed by atoms with Gasteiger partial charge in [0, 0.05) is 0 Å². The summed E-state index contributed by atoms with van der Waals surface area (Å²) in [5.74, 6) is -0.450. The predicted octanol–water partition coefficient (Wildman–Crippen LogP) is 1.73. The van der Waals surface area contributed by atoms with E-state index in [1.54, 1.807) is 13.8 Å².